The lowest BCUT2D eigenvalue weighted by Gasteiger charge is -2.24. The average molecular weight is 317 g/mol. The number of aryl methyl sites for hydroxylation is 2. The van der Waals surface area contributed by atoms with Crippen molar-refractivity contribution >= 4 is 18.3 Å². The molecule has 1 saturated heterocycles. The van der Waals surface area contributed by atoms with Crippen LogP contribution in [-0.4, -0.2) is 47.5 Å². The summed E-state index contributed by atoms with van der Waals surface area (Å²) < 4.78 is 7.33. The molecule has 6 nitrogen and oxygen atoms in total. The van der Waals surface area contributed by atoms with Gasteiger partial charge < -0.3 is 15.4 Å². The summed E-state index contributed by atoms with van der Waals surface area (Å²) >= 11 is 0. The number of nitrogens with zero attached hydrogens (tertiary/aromatic N) is 2. The second-order valence-corrected chi connectivity index (χ2v) is 5.45. The highest BCUT2D eigenvalue weighted by Gasteiger charge is 2.23. The van der Waals surface area contributed by atoms with E-state index in [0.29, 0.717) is 13.2 Å². The molecule has 1 aromatic heterocycles. The third kappa shape index (κ3) is 4.43. The second-order valence-electron chi connectivity index (χ2n) is 5.45. The van der Waals surface area contributed by atoms with Crippen molar-refractivity contribution < 1.29 is 9.53 Å². The first kappa shape index (κ1) is 17.9. The fraction of sp³-hybridized carbons (Fsp3) is 0.714. The zero-order chi connectivity index (χ0) is 14.7. The lowest BCUT2D eigenvalue weighted by molar-refractivity contribution is -0.134. The Balaban J connectivity index is 0.00000220. The van der Waals surface area contributed by atoms with Crippen LogP contribution in [0.2, 0.25) is 0 Å². The third-order valence-electron chi connectivity index (χ3n) is 3.78. The Morgan fingerprint density at radius 1 is 1.57 bits per heavy atom. The molecule has 2 atom stereocenters. The van der Waals surface area contributed by atoms with Gasteiger partial charge in [0.2, 0.25) is 0 Å². The van der Waals surface area contributed by atoms with Gasteiger partial charge in [0, 0.05) is 31.9 Å². The van der Waals surface area contributed by atoms with Gasteiger partial charge in [0.1, 0.15) is 6.10 Å². The molecule has 7 heteroatoms. The van der Waals surface area contributed by atoms with Gasteiger partial charge in [-0.25, -0.2) is 0 Å². The van der Waals surface area contributed by atoms with Crippen LogP contribution < -0.4 is 10.6 Å². The predicted molar refractivity (Wildman–Crippen MR) is 83.8 cm³/mol. The first-order valence-electron chi connectivity index (χ1n) is 7.10. The van der Waals surface area contributed by atoms with Crippen LogP contribution in [0.4, 0.5) is 0 Å². The molecule has 2 N–H and O–H groups in total. The van der Waals surface area contributed by atoms with Crippen molar-refractivity contribution in [2.45, 2.75) is 39.3 Å². The van der Waals surface area contributed by atoms with E-state index in [2.05, 4.69) is 22.7 Å². The summed E-state index contributed by atoms with van der Waals surface area (Å²) in [6, 6.07) is 0.0645. The lowest BCUT2D eigenvalue weighted by Crippen LogP contribution is -2.50. The van der Waals surface area contributed by atoms with Crippen molar-refractivity contribution in [1.82, 2.24) is 20.4 Å². The van der Waals surface area contributed by atoms with Gasteiger partial charge >= 0.3 is 0 Å². The molecule has 0 saturated carbocycles. The molecule has 2 unspecified atom stereocenters. The van der Waals surface area contributed by atoms with Gasteiger partial charge in [-0.15, -0.1) is 12.4 Å². The van der Waals surface area contributed by atoms with E-state index in [1.54, 1.807) is 0 Å². The molecule has 0 spiro atoms. The van der Waals surface area contributed by atoms with Crippen LogP contribution >= 0.6 is 12.4 Å². The van der Waals surface area contributed by atoms with Crippen molar-refractivity contribution in [2.75, 3.05) is 19.7 Å². The van der Waals surface area contributed by atoms with Gasteiger partial charge in [0.25, 0.3) is 5.91 Å². The quantitative estimate of drug-likeness (QED) is 0.848. The van der Waals surface area contributed by atoms with Crippen LogP contribution in [0.15, 0.2) is 0 Å². The molecule has 2 heterocycles. The monoisotopic (exact) mass is 316 g/mol. The van der Waals surface area contributed by atoms with E-state index in [0.717, 1.165) is 24.4 Å². The van der Waals surface area contributed by atoms with E-state index in [1.165, 1.54) is 5.56 Å². The van der Waals surface area contributed by atoms with E-state index in [-0.39, 0.29) is 30.5 Å². The largest absolute Gasteiger partial charge is 0.366 e. The molecule has 1 aromatic rings. The Morgan fingerprint density at radius 3 is 2.81 bits per heavy atom. The zero-order valence-corrected chi connectivity index (χ0v) is 13.9. The predicted octanol–water partition coefficient (Wildman–Crippen LogP) is 0.494. The summed E-state index contributed by atoms with van der Waals surface area (Å²) in [5.41, 5.74) is 3.39. The summed E-state index contributed by atoms with van der Waals surface area (Å²) in [7, 11) is 1.94. The Morgan fingerprint density at radius 2 is 2.29 bits per heavy atom. The SMILES string of the molecule is Cc1nn(C)c(C)c1CC(C)NC(=O)C1CNCCO1.Cl. The van der Waals surface area contributed by atoms with Gasteiger partial charge in [-0.1, -0.05) is 0 Å². The summed E-state index contributed by atoms with van der Waals surface area (Å²) in [6.07, 6.45) is 0.416. The van der Waals surface area contributed by atoms with Crippen LogP contribution in [0.1, 0.15) is 23.9 Å². The van der Waals surface area contributed by atoms with E-state index < -0.39 is 0 Å². The number of aromatic nitrogens is 2. The van der Waals surface area contributed by atoms with Crippen LogP contribution in [0.25, 0.3) is 0 Å². The van der Waals surface area contributed by atoms with Crippen molar-refractivity contribution in [1.29, 1.82) is 0 Å². The molecule has 1 aliphatic heterocycles. The van der Waals surface area contributed by atoms with Crippen LogP contribution in [0.3, 0.4) is 0 Å². The standard InChI is InChI=1S/C14H24N4O2.ClH/c1-9(7-12-10(2)17-18(4)11(12)3)16-14(19)13-8-15-5-6-20-13;/h9,13,15H,5-8H2,1-4H3,(H,16,19);1H. The highest BCUT2D eigenvalue weighted by atomic mass is 35.5. The molecule has 0 radical (unpaired) electrons. The molecule has 120 valence electrons. The van der Waals surface area contributed by atoms with Crippen LogP contribution in [-0.2, 0) is 23.0 Å². The van der Waals surface area contributed by atoms with Gasteiger partial charge in [0.05, 0.1) is 12.3 Å². The third-order valence-corrected chi connectivity index (χ3v) is 3.78. The molecule has 21 heavy (non-hydrogen) atoms. The number of hydrogen-bond acceptors (Lipinski definition) is 4. The van der Waals surface area contributed by atoms with Gasteiger partial charge in [0.15, 0.2) is 0 Å². The highest BCUT2D eigenvalue weighted by molar-refractivity contribution is 5.85. The Labute approximate surface area is 132 Å². The molecule has 1 aliphatic rings. The molecular weight excluding hydrogens is 292 g/mol. The van der Waals surface area contributed by atoms with Gasteiger partial charge in [-0.3, -0.25) is 9.48 Å². The van der Waals surface area contributed by atoms with E-state index >= 15 is 0 Å². The maximum absolute atomic E-state index is 12.1. The normalized spacial score (nSPS) is 19.7. The summed E-state index contributed by atoms with van der Waals surface area (Å²) in [6.45, 7) is 8.06. The maximum atomic E-state index is 12.1. The van der Waals surface area contributed by atoms with Crippen LogP contribution in [0, 0.1) is 13.8 Å². The minimum atomic E-state index is -0.373. The number of morpholine rings is 1. The van der Waals surface area contributed by atoms with Crippen molar-refractivity contribution in [3.8, 4) is 0 Å². The molecule has 0 aromatic carbocycles. The summed E-state index contributed by atoms with van der Waals surface area (Å²) in [5, 5.41) is 10.6. The number of halogens is 1. The summed E-state index contributed by atoms with van der Waals surface area (Å²) in [5.74, 6) is -0.0381. The fourth-order valence-electron chi connectivity index (χ4n) is 2.54. The zero-order valence-electron chi connectivity index (χ0n) is 13.1. The van der Waals surface area contributed by atoms with Crippen molar-refractivity contribution in [2.24, 2.45) is 7.05 Å². The number of carbonyl (C=O) groups excluding carboxylic acids is 1. The first-order chi connectivity index (χ1) is 9.49. The van der Waals surface area contributed by atoms with E-state index in [9.17, 15) is 4.79 Å². The second kappa shape index (κ2) is 7.77. The Hall–Kier alpha value is -1.11. The molecular formula is C14H25ClN4O2. The Bertz CT molecular complexity index is 484. The fourth-order valence-corrected chi connectivity index (χ4v) is 2.54. The van der Waals surface area contributed by atoms with Gasteiger partial charge in [-0.05, 0) is 32.8 Å². The number of nitrogens with one attached hydrogen (secondary N) is 2. The summed E-state index contributed by atoms with van der Waals surface area (Å²) in [4.78, 5) is 12.1. The number of carbonyl (C=O) groups is 1. The minimum Gasteiger partial charge on any atom is -0.366 e. The van der Waals surface area contributed by atoms with Crippen LogP contribution in [0.5, 0.6) is 0 Å². The van der Waals surface area contributed by atoms with Crippen molar-refractivity contribution in [3.63, 3.8) is 0 Å². The number of rotatable bonds is 4. The van der Waals surface area contributed by atoms with E-state index in [4.69, 9.17) is 4.74 Å². The number of ether oxygens (including phenoxy) is 1. The van der Waals surface area contributed by atoms with E-state index in [1.807, 2.05) is 25.6 Å². The molecule has 1 amide bonds. The minimum absolute atomic E-state index is 0. The first-order valence-corrected chi connectivity index (χ1v) is 7.10. The van der Waals surface area contributed by atoms with Crippen molar-refractivity contribution in [3.05, 3.63) is 17.0 Å². The number of amides is 1. The Kier molecular flexibility index (Phi) is 6.64. The molecule has 2 rings (SSSR count). The molecule has 0 aliphatic carbocycles. The highest BCUT2D eigenvalue weighted by Crippen LogP contribution is 2.14. The van der Waals surface area contributed by atoms with Gasteiger partial charge in [-0.2, -0.15) is 5.10 Å². The molecule has 0 bridgehead atoms. The lowest BCUT2D eigenvalue weighted by atomic mass is 10.1. The topological polar surface area (TPSA) is 68.2 Å². The smallest absolute Gasteiger partial charge is 0.250 e. The number of hydrogen-bond donors (Lipinski definition) is 2. The maximum Gasteiger partial charge on any atom is 0.250 e. The molecule has 1 fully saturated rings. The average Bonchev–Trinajstić information content (AvgIpc) is 2.66.